The third-order valence-electron chi connectivity index (χ3n) is 2.56. The summed E-state index contributed by atoms with van der Waals surface area (Å²) in [5.74, 6) is 0.893. The maximum atomic E-state index is 11.4. The van der Waals surface area contributed by atoms with Crippen molar-refractivity contribution >= 4 is 17.1 Å². The lowest BCUT2D eigenvalue weighted by Gasteiger charge is -1.96. The lowest BCUT2D eigenvalue weighted by Crippen LogP contribution is -2.00. The van der Waals surface area contributed by atoms with Crippen molar-refractivity contribution in [3.8, 4) is 0 Å². The number of hydrogen-bond donors (Lipinski definition) is 0. The van der Waals surface area contributed by atoms with Gasteiger partial charge in [0.05, 0.1) is 10.7 Å². The van der Waals surface area contributed by atoms with Crippen LogP contribution in [0.15, 0.2) is 5.38 Å². The number of aromatic nitrogens is 1. The van der Waals surface area contributed by atoms with Gasteiger partial charge in [-0.3, -0.25) is 4.79 Å². The second-order valence-corrected chi connectivity index (χ2v) is 5.01. The van der Waals surface area contributed by atoms with Gasteiger partial charge in [0.25, 0.3) is 0 Å². The Labute approximate surface area is 88.4 Å². The van der Waals surface area contributed by atoms with Crippen LogP contribution in [0, 0.1) is 12.8 Å². The van der Waals surface area contributed by atoms with Gasteiger partial charge in [0, 0.05) is 17.7 Å². The van der Waals surface area contributed by atoms with Crippen molar-refractivity contribution in [3.63, 3.8) is 0 Å². The average molecular weight is 209 g/mol. The fourth-order valence-corrected chi connectivity index (χ4v) is 2.22. The third kappa shape index (κ3) is 2.64. The summed E-state index contributed by atoms with van der Waals surface area (Å²) in [4.78, 5) is 15.8. The van der Waals surface area contributed by atoms with Crippen LogP contribution in [0.3, 0.4) is 0 Å². The van der Waals surface area contributed by atoms with Crippen molar-refractivity contribution < 1.29 is 4.79 Å². The summed E-state index contributed by atoms with van der Waals surface area (Å²) in [5.41, 5.74) is 1.15. The van der Waals surface area contributed by atoms with Crippen molar-refractivity contribution in [2.45, 2.75) is 39.0 Å². The summed E-state index contributed by atoms with van der Waals surface area (Å²) >= 11 is 1.69. The number of rotatable bonds is 5. The van der Waals surface area contributed by atoms with Crippen LogP contribution in [-0.2, 0) is 11.2 Å². The van der Waals surface area contributed by atoms with Crippen LogP contribution < -0.4 is 0 Å². The summed E-state index contributed by atoms with van der Waals surface area (Å²) in [6.07, 6.45) is 4.95. The summed E-state index contributed by atoms with van der Waals surface area (Å²) < 4.78 is 0. The van der Waals surface area contributed by atoms with Gasteiger partial charge in [-0.25, -0.2) is 4.98 Å². The van der Waals surface area contributed by atoms with E-state index >= 15 is 0 Å². The van der Waals surface area contributed by atoms with Crippen molar-refractivity contribution in [3.05, 3.63) is 16.1 Å². The highest BCUT2D eigenvalue weighted by Gasteiger charge is 2.28. The summed E-state index contributed by atoms with van der Waals surface area (Å²) in [6, 6.07) is 0. The monoisotopic (exact) mass is 209 g/mol. The number of nitrogens with zero attached hydrogens (tertiary/aromatic N) is 1. The molecule has 0 saturated heterocycles. The Morgan fingerprint density at radius 2 is 2.43 bits per heavy atom. The topological polar surface area (TPSA) is 30.0 Å². The predicted octanol–water partition coefficient (Wildman–Crippen LogP) is 2.75. The Hall–Kier alpha value is -0.700. The molecule has 1 aromatic rings. The van der Waals surface area contributed by atoms with Crippen molar-refractivity contribution in [1.29, 1.82) is 0 Å². The van der Waals surface area contributed by atoms with Crippen LogP contribution in [0.5, 0.6) is 0 Å². The SMILES string of the molecule is Cc1nc(CCCC(=O)C2CC2)cs1. The van der Waals surface area contributed by atoms with E-state index in [1.165, 1.54) is 0 Å². The summed E-state index contributed by atoms with van der Waals surface area (Å²) in [6.45, 7) is 2.02. The first kappa shape index (κ1) is 9.84. The standard InChI is InChI=1S/C11H15NOS/c1-8-12-10(7-14-8)3-2-4-11(13)9-5-6-9/h7,9H,2-6H2,1H3. The number of hydrogen-bond acceptors (Lipinski definition) is 3. The molecule has 2 nitrogen and oxygen atoms in total. The quantitative estimate of drug-likeness (QED) is 0.746. The van der Waals surface area contributed by atoms with Crippen LogP contribution in [0.4, 0.5) is 0 Å². The molecule has 3 heteroatoms. The van der Waals surface area contributed by atoms with Gasteiger partial charge >= 0.3 is 0 Å². The first-order valence-electron chi connectivity index (χ1n) is 5.19. The highest BCUT2D eigenvalue weighted by atomic mass is 32.1. The van der Waals surface area contributed by atoms with Crippen LogP contribution in [0.25, 0.3) is 0 Å². The van der Waals surface area contributed by atoms with Crippen LogP contribution >= 0.6 is 11.3 Å². The largest absolute Gasteiger partial charge is 0.299 e. The molecule has 0 spiro atoms. The summed E-state index contributed by atoms with van der Waals surface area (Å²) in [7, 11) is 0. The van der Waals surface area contributed by atoms with E-state index in [1.807, 2.05) is 6.92 Å². The smallest absolute Gasteiger partial charge is 0.135 e. The number of aryl methyl sites for hydroxylation is 2. The third-order valence-corrected chi connectivity index (χ3v) is 3.38. The normalized spacial score (nSPS) is 15.8. The molecule has 76 valence electrons. The molecule has 0 radical (unpaired) electrons. The van der Waals surface area contributed by atoms with Crippen LogP contribution in [0.1, 0.15) is 36.4 Å². The molecule has 1 saturated carbocycles. The first-order valence-corrected chi connectivity index (χ1v) is 6.07. The first-order chi connectivity index (χ1) is 6.75. The van der Waals surface area contributed by atoms with Gasteiger partial charge in [0.15, 0.2) is 0 Å². The maximum absolute atomic E-state index is 11.4. The van der Waals surface area contributed by atoms with Crippen LogP contribution in [-0.4, -0.2) is 10.8 Å². The maximum Gasteiger partial charge on any atom is 0.135 e. The van der Waals surface area contributed by atoms with E-state index in [2.05, 4.69) is 10.4 Å². The zero-order valence-corrected chi connectivity index (χ0v) is 9.27. The molecule has 1 heterocycles. The van der Waals surface area contributed by atoms with Gasteiger partial charge in [-0.05, 0) is 32.6 Å². The molecule has 0 unspecified atom stereocenters. The number of ketones is 1. The van der Waals surface area contributed by atoms with Gasteiger partial charge in [-0.15, -0.1) is 11.3 Å². The minimum absolute atomic E-state index is 0.423. The fourth-order valence-electron chi connectivity index (χ4n) is 1.58. The number of Topliss-reactive ketones (excluding diaryl/α,β-unsaturated/α-hetero) is 1. The average Bonchev–Trinajstić information content (AvgIpc) is 2.92. The lowest BCUT2D eigenvalue weighted by molar-refractivity contribution is -0.120. The van der Waals surface area contributed by atoms with Gasteiger partial charge in [-0.1, -0.05) is 0 Å². The minimum Gasteiger partial charge on any atom is -0.299 e. The second-order valence-electron chi connectivity index (χ2n) is 3.95. The molecule has 0 atom stereocenters. The van der Waals surface area contributed by atoms with Crippen molar-refractivity contribution in [1.82, 2.24) is 4.98 Å². The Morgan fingerprint density at radius 3 is 3.00 bits per heavy atom. The predicted molar refractivity (Wildman–Crippen MR) is 57.5 cm³/mol. The Kier molecular flexibility index (Phi) is 2.96. The van der Waals surface area contributed by atoms with E-state index in [0.29, 0.717) is 11.7 Å². The number of carbonyl (C=O) groups excluding carboxylic acids is 1. The molecule has 0 amide bonds. The Bertz CT molecular complexity index is 328. The molecular weight excluding hydrogens is 194 g/mol. The molecule has 0 bridgehead atoms. The number of carbonyl (C=O) groups is 1. The van der Waals surface area contributed by atoms with E-state index in [1.54, 1.807) is 11.3 Å². The van der Waals surface area contributed by atoms with E-state index in [9.17, 15) is 4.79 Å². The fraction of sp³-hybridized carbons (Fsp3) is 0.636. The molecule has 0 aliphatic heterocycles. The molecule has 2 rings (SSSR count). The van der Waals surface area contributed by atoms with Gasteiger partial charge < -0.3 is 0 Å². The zero-order valence-electron chi connectivity index (χ0n) is 8.45. The summed E-state index contributed by atoms with van der Waals surface area (Å²) in [5, 5.41) is 3.21. The highest BCUT2D eigenvalue weighted by Crippen LogP contribution is 2.31. The molecule has 1 aromatic heterocycles. The second kappa shape index (κ2) is 4.22. The van der Waals surface area contributed by atoms with E-state index < -0.39 is 0 Å². The molecule has 1 fully saturated rings. The van der Waals surface area contributed by atoms with Crippen LogP contribution in [0.2, 0.25) is 0 Å². The van der Waals surface area contributed by atoms with Gasteiger partial charge in [0.1, 0.15) is 5.78 Å². The highest BCUT2D eigenvalue weighted by molar-refractivity contribution is 7.09. The van der Waals surface area contributed by atoms with Crippen molar-refractivity contribution in [2.75, 3.05) is 0 Å². The minimum atomic E-state index is 0.423. The molecule has 1 aliphatic rings. The molecule has 1 aliphatic carbocycles. The van der Waals surface area contributed by atoms with Crippen molar-refractivity contribution in [2.24, 2.45) is 5.92 Å². The molecule has 0 aromatic carbocycles. The lowest BCUT2D eigenvalue weighted by atomic mass is 10.1. The zero-order chi connectivity index (χ0) is 9.97. The van der Waals surface area contributed by atoms with E-state index in [-0.39, 0.29) is 0 Å². The van der Waals surface area contributed by atoms with Gasteiger partial charge in [-0.2, -0.15) is 0 Å². The van der Waals surface area contributed by atoms with E-state index in [0.717, 1.165) is 42.8 Å². The molecule has 14 heavy (non-hydrogen) atoms. The Morgan fingerprint density at radius 1 is 1.64 bits per heavy atom. The number of thiazole rings is 1. The molecule has 0 N–H and O–H groups in total. The molecular formula is C11H15NOS. The van der Waals surface area contributed by atoms with E-state index in [4.69, 9.17) is 0 Å². The Balaban J connectivity index is 1.69. The van der Waals surface area contributed by atoms with Gasteiger partial charge in [0.2, 0.25) is 0 Å².